The fraction of sp³-hybridized carbons (Fsp3) is 0.368. The molecule has 0 spiro atoms. The lowest BCUT2D eigenvalue weighted by molar-refractivity contribution is 0.209. The zero-order valence-corrected chi connectivity index (χ0v) is 14.8. The summed E-state index contributed by atoms with van der Waals surface area (Å²) in [5, 5.41) is 21.6. The van der Waals surface area contributed by atoms with Crippen molar-refractivity contribution in [1.29, 1.82) is 0 Å². The summed E-state index contributed by atoms with van der Waals surface area (Å²) in [6.07, 6.45) is 2.48. The van der Waals surface area contributed by atoms with Crippen LogP contribution in [0.25, 0.3) is 0 Å². The van der Waals surface area contributed by atoms with Crippen molar-refractivity contribution in [3.63, 3.8) is 0 Å². The van der Waals surface area contributed by atoms with Crippen LogP contribution in [0, 0.1) is 0 Å². The lowest BCUT2D eigenvalue weighted by atomic mass is 10.1. The Morgan fingerprint density at radius 1 is 1.15 bits per heavy atom. The summed E-state index contributed by atoms with van der Waals surface area (Å²) in [5.74, 6) is 1.23. The van der Waals surface area contributed by atoms with Gasteiger partial charge in [-0.05, 0) is 24.5 Å². The van der Waals surface area contributed by atoms with Gasteiger partial charge >= 0.3 is 0 Å². The van der Waals surface area contributed by atoms with Crippen molar-refractivity contribution in [2.45, 2.75) is 45.3 Å². The number of nitrogens with one attached hydrogen (secondary N) is 1. The highest BCUT2D eigenvalue weighted by molar-refractivity contribution is 5.22. The van der Waals surface area contributed by atoms with Gasteiger partial charge in [0.1, 0.15) is 11.9 Å². The Hall–Kier alpha value is -2.80. The normalized spacial score (nSPS) is 12.2. The van der Waals surface area contributed by atoms with Crippen LogP contribution < -0.4 is 5.56 Å². The van der Waals surface area contributed by atoms with Crippen LogP contribution in [-0.4, -0.2) is 30.1 Å². The fourth-order valence-corrected chi connectivity index (χ4v) is 2.72. The Kier molecular flexibility index (Phi) is 5.91. The third-order valence-electron chi connectivity index (χ3n) is 4.19. The van der Waals surface area contributed by atoms with E-state index in [-0.39, 0.29) is 5.56 Å². The van der Waals surface area contributed by atoms with Gasteiger partial charge in [0.2, 0.25) is 0 Å². The maximum absolute atomic E-state index is 11.1. The second kappa shape index (κ2) is 8.53. The highest BCUT2D eigenvalue weighted by Gasteiger charge is 2.18. The molecule has 0 fully saturated rings. The Bertz CT molecular complexity index is 868. The molecule has 7 nitrogen and oxygen atoms in total. The molecule has 3 rings (SSSR count). The average Bonchev–Trinajstić information content (AvgIpc) is 3.09. The number of aliphatic hydroxyl groups excluding tert-OH is 1. The first-order valence-electron chi connectivity index (χ1n) is 8.88. The Labute approximate surface area is 151 Å². The van der Waals surface area contributed by atoms with Crippen molar-refractivity contribution in [1.82, 2.24) is 25.0 Å². The molecule has 0 bridgehead atoms. The van der Waals surface area contributed by atoms with E-state index in [1.807, 2.05) is 35.0 Å². The molecule has 3 aromatic rings. The van der Waals surface area contributed by atoms with Crippen molar-refractivity contribution in [3.05, 3.63) is 75.7 Å². The minimum absolute atomic E-state index is 0.215. The van der Waals surface area contributed by atoms with E-state index in [0.29, 0.717) is 18.7 Å². The second-order valence-electron chi connectivity index (χ2n) is 6.19. The van der Waals surface area contributed by atoms with E-state index in [1.54, 1.807) is 6.07 Å². The minimum Gasteiger partial charge on any atom is -0.380 e. The van der Waals surface area contributed by atoms with Gasteiger partial charge in [0.15, 0.2) is 5.82 Å². The molecule has 2 aromatic heterocycles. The highest BCUT2D eigenvalue weighted by atomic mass is 16.3. The van der Waals surface area contributed by atoms with Gasteiger partial charge in [-0.2, -0.15) is 10.2 Å². The molecular weight excluding hydrogens is 330 g/mol. The fourth-order valence-electron chi connectivity index (χ4n) is 2.72. The predicted octanol–water partition coefficient (Wildman–Crippen LogP) is 2.03. The van der Waals surface area contributed by atoms with Crippen molar-refractivity contribution >= 4 is 0 Å². The number of aromatic nitrogens is 5. The standard InChI is InChI=1S/C19H23N5O2/c1-2-3-13-24-16(11-9-15-10-12-17(25)22-21-15)20-19(23-24)18(26)14-7-5-4-6-8-14/h4-8,10,12,18,26H,2-3,9,11,13H2,1H3,(H,22,25)/t18-/m0/s1. The molecule has 0 amide bonds. The molecule has 26 heavy (non-hydrogen) atoms. The molecule has 0 aliphatic rings. The van der Waals surface area contributed by atoms with Gasteiger partial charge in [-0.25, -0.2) is 14.8 Å². The third kappa shape index (κ3) is 4.43. The van der Waals surface area contributed by atoms with Crippen LogP contribution in [0.2, 0.25) is 0 Å². The number of aryl methyl sites for hydroxylation is 3. The topological polar surface area (TPSA) is 96.7 Å². The molecule has 0 saturated heterocycles. The van der Waals surface area contributed by atoms with Crippen LogP contribution >= 0.6 is 0 Å². The molecule has 7 heteroatoms. The molecule has 2 N–H and O–H groups in total. The molecule has 2 heterocycles. The van der Waals surface area contributed by atoms with Crippen molar-refractivity contribution in [2.75, 3.05) is 0 Å². The van der Waals surface area contributed by atoms with Gasteiger partial charge in [-0.1, -0.05) is 43.7 Å². The highest BCUT2D eigenvalue weighted by Crippen LogP contribution is 2.19. The molecule has 0 unspecified atom stereocenters. The maximum Gasteiger partial charge on any atom is 0.264 e. The molecule has 1 atom stereocenters. The Morgan fingerprint density at radius 2 is 1.96 bits per heavy atom. The minimum atomic E-state index is -0.843. The summed E-state index contributed by atoms with van der Waals surface area (Å²) >= 11 is 0. The van der Waals surface area contributed by atoms with Crippen LogP contribution in [0.5, 0.6) is 0 Å². The number of benzene rings is 1. The van der Waals surface area contributed by atoms with Gasteiger partial charge in [0.05, 0.1) is 5.69 Å². The lowest BCUT2D eigenvalue weighted by Gasteiger charge is -2.06. The summed E-state index contributed by atoms with van der Waals surface area (Å²) in [7, 11) is 0. The van der Waals surface area contributed by atoms with Crippen LogP contribution in [0.4, 0.5) is 0 Å². The average molecular weight is 353 g/mol. The molecule has 0 aliphatic carbocycles. The third-order valence-corrected chi connectivity index (χ3v) is 4.19. The zero-order chi connectivity index (χ0) is 18.4. The summed E-state index contributed by atoms with van der Waals surface area (Å²) in [6, 6.07) is 12.6. The van der Waals surface area contributed by atoms with Crippen molar-refractivity contribution < 1.29 is 5.11 Å². The number of hydrogen-bond acceptors (Lipinski definition) is 5. The van der Waals surface area contributed by atoms with Crippen LogP contribution in [-0.2, 0) is 19.4 Å². The summed E-state index contributed by atoms with van der Waals surface area (Å²) < 4.78 is 1.87. The van der Waals surface area contributed by atoms with Gasteiger partial charge in [-0.3, -0.25) is 4.79 Å². The second-order valence-corrected chi connectivity index (χ2v) is 6.19. The Balaban J connectivity index is 1.79. The summed E-state index contributed by atoms with van der Waals surface area (Å²) in [4.78, 5) is 15.7. The van der Waals surface area contributed by atoms with E-state index in [2.05, 4.69) is 27.2 Å². The first-order chi connectivity index (χ1) is 12.7. The molecular formula is C19H23N5O2. The molecule has 1 aromatic carbocycles. The SMILES string of the molecule is CCCCn1nc([C@@H](O)c2ccccc2)nc1CCc1ccc(=O)[nH]n1. The van der Waals surface area contributed by atoms with E-state index in [0.717, 1.165) is 36.5 Å². The van der Waals surface area contributed by atoms with E-state index >= 15 is 0 Å². The first kappa shape index (κ1) is 18.0. The monoisotopic (exact) mass is 353 g/mol. The van der Waals surface area contributed by atoms with E-state index < -0.39 is 6.10 Å². The van der Waals surface area contributed by atoms with Gasteiger partial charge in [0, 0.05) is 19.0 Å². The Morgan fingerprint density at radius 3 is 2.65 bits per heavy atom. The van der Waals surface area contributed by atoms with Crippen LogP contribution in [0.3, 0.4) is 0 Å². The molecule has 0 radical (unpaired) electrons. The van der Waals surface area contributed by atoms with Crippen LogP contribution in [0.1, 0.15) is 48.8 Å². The number of nitrogens with zero attached hydrogens (tertiary/aromatic N) is 4. The largest absolute Gasteiger partial charge is 0.380 e. The number of H-pyrrole nitrogens is 1. The van der Waals surface area contributed by atoms with E-state index in [1.165, 1.54) is 6.07 Å². The molecule has 0 aliphatic heterocycles. The first-order valence-corrected chi connectivity index (χ1v) is 8.88. The number of unbranched alkanes of at least 4 members (excludes halogenated alkanes) is 1. The van der Waals surface area contributed by atoms with Gasteiger partial charge in [-0.15, -0.1) is 0 Å². The quantitative estimate of drug-likeness (QED) is 0.646. The van der Waals surface area contributed by atoms with E-state index in [4.69, 9.17) is 0 Å². The number of rotatable bonds is 8. The summed E-state index contributed by atoms with van der Waals surface area (Å²) in [6.45, 7) is 2.89. The zero-order valence-electron chi connectivity index (χ0n) is 14.8. The molecule has 136 valence electrons. The van der Waals surface area contributed by atoms with Crippen molar-refractivity contribution in [3.8, 4) is 0 Å². The summed E-state index contributed by atoms with van der Waals surface area (Å²) in [5.41, 5.74) is 1.35. The smallest absolute Gasteiger partial charge is 0.264 e. The number of hydrogen-bond donors (Lipinski definition) is 2. The lowest BCUT2D eigenvalue weighted by Crippen LogP contribution is -2.10. The molecule has 0 saturated carbocycles. The van der Waals surface area contributed by atoms with Gasteiger partial charge < -0.3 is 5.11 Å². The maximum atomic E-state index is 11.1. The predicted molar refractivity (Wildman–Crippen MR) is 97.7 cm³/mol. The number of aliphatic hydroxyl groups is 1. The number of aromatic amines is 1. The van der Waals surface area contributed by atoms with Gasteiger partial charge in [0.25, 0.3) is 5.56 Å². The van der Waals surface area contributed by atoms with Crippen molar-refractivity contribution in [2.24, 2.45) is 0 Å². The van der Waals surface area contributed by atoms with E-state index in [9.17, 15) is 9.90 Å². The van der Waals surface area contributed by atoms with Crippen LogP contribution in [0.15, 0.2) is 47.3 Å².